The quantitative estimate of drug-likeness (QED) is 0.801. The maximum atomic E-state index is 12.9. The molecule has 148 valence electrons. The fraction of sp³-hybridized carbons (Fsp3) is 0.429. The van der Waals surface area contributed by atoms with Crippen LogP contribution in [0.5, 0.6) is 0 Å². The monoisotopic (exact) mass is 383 g/mol. The van der Waals surface area contributed by atoms with E-state index in [2.05, 4.69) is 15.5 Å². The average molecular weight is 383 g/mol. The van der Waals surface area contributed by atoms with E-state index in [4.69, 9.17) is 9.15 Å². The smallest absolute Gasteiger partial charge is 0.291 e. The molecule has 7 heteroatoms. The lowest BCUT2D eigenvalue weighted by Gasteiger charge is -2.22. The van der Waals surface area contributed by atoms with Crippen molar-refractivity contribution < 1.29 is 18.7 Å². The maximum absolute atomic E-state index is 12.9. The largest absolute Gasteiger partial charge is 0.459 e. The highest BCUT2D eigenvalue weighted by Crippen LogP contribution is 2.28. The number of anilines is 2. The minimum Gasteiger partial charge on any atom is -0.459 e. The molecule has 1 atom stereocenters. The number of ether oxygens (including phenoxy) is 1. The van der Waals surface area contributed by atoms with Crippen molar-refractivity contribution in [1.82, 2.24) is 5.32 Å². The summed E-state index contributed by atoms with van der Waals surface area (Å²) < 4.78 is 10.7. The number of amides is 2. The van der Waals surface area contributed by atoms with Gasteiger partial charge in [-0.05, 0) is 56.0 Å². The third kappa shape index (κ3) is 4.20. The van der Waals surface area contributed by atoms with Crippen LogP contribution in [0.3, 0.4) is 0 Å². The van der Waals surface area contributed by atoms with Gasteiger partial charge in [0.05, 0.1) is 17.9 Å². The molecular formula is C21H25N3O4. The van der Waals surface area contributed by atoms with E-state index in [-0.39, 0.29) is 23.7 Å². The van der Waals surface area contributed by atoms with Gasteiger partial charge in [-0.15, -0.1) is 0 Å². The van der Waals surface area contributed by atoms with Crippen molar-refractivity contribution in [3.8, 4) is 0 Å². The molecule has 1 unspecified atom stereocenters. The van der Waals surface area contributed by atoms with Gasteiger partial charge in [-0.3, -0.25) is 9.59 Å². The van der Waals surface area contributed by atoms with Crippen LogP contribution in [0.15, 0.2) is 41.0 Å². The first kappa shape index (κ1) is 18.6. The standard InChI is InChI=1S/C21H25N3O4/c25-20(22-14-16-5-3-11-27-16)17-13-15(23-21(26)19-6-4-12-28-19)7-8-18(17)24-9-1-2-10-24/h4,6-8,12-13,16H,1-3,5,9-11,14H2,(H,22,25)(H,23,26). The minimum atomic E-state index is -0.343. The van der Waals surface area contributed by atoms with E-state index >= 15 is 0 Å². The van der Waals surface area contributed by atoms with Crippen molar-refractivity contribution in [1.29, 1.82) is 0 Å². The number of carbonyl (C=O) groups is 2. The van der Waals surface area contributed by atoms with Gasteiger partial charge >= 0.3 is 0 Å². The molecule has 2 aliphatic heterocycles. The van der Waals surface area contributed by atoms with Crippen molar-refractivity contribution in [2.45, 2.75) is 31.8 Å². The van der Waals surface area contributed by atoms with E-state index in [1.807, 2.05) is 12.1 Å². The number of hydrogen-bond donors (Lipinski definition) is 2. The Kier molecular flexibility index (Phi) is 5.62. The molecule has 4 rings (SSSR count). The molecule has 0 saturated carbocycles. The number of nitrogens with zero attached hydrogens (tertiary/aromatic N) is 1. The molecule has 2 amide bonds. The first-order chi connectivity index (χ1) is 13.7. The molecule has 0 spiro atoms. The second kappa shape index (κ2) is 8.48. The Balaban J connectivity index is 1.53. The summed E-state index contributed by atoms with van der Waals surface area (Å²) in [5.41, 5.74) is 2.03. The molecular weight excluding hydrogens is 358 g/mol. The minimum absolute atomic E-state index is 0.0843. The Morgan fingerprint density at radius 2 is 1.96 bits per heavy atom. The van der Waals surface area contributed by atoms with E-state index in [0.717, 1.165) is 51.1 Å². The van der Waals surface area contributed by atoms with Gasteiger partial charge in [0.25, 0.3) is 11.8 Å². The highest BCUT2D eigenvalue weighted by molar-refractivity contribution is 6.05. The molecule has 2 fully saturated rings. The number of carbonyl (C=O) groups excluding carboxylic acids is 2. The van der Waals surface area contributed by atoms with Crippen LogP contribution in [-0.4, -0.2) is 44.2 Å². The molecule has 0 aliphatic carbocycles. The average Bonchev–Trinajstić information content (AvgIpc) is 3.49. The molecule has 2 N–H and O–H groups in total. The van der Waals surface area contributed by atoms with Gasteiger partial charge in [0.15, 0.2) is 5.76 Å². The molecule has 7 nitrogen and oxygen atoms in total. The number of benzene rings is 1. The molecule has 2 aromatic rings. The first-order valence-electron chi connectivity index (χ1n) is 9.84. The van der Waals surface area contributed by atoms with E-state index < -0.39 is 0 Å². The third-order valence-corrected chi connectivity index (χ3v) is 5.21. The summed E-state index contributed by atoms with van der Waals surface area (Å²) in [5, 5.41) is 5.79. The highest BCUT2D eigenvalue weighted by Gasteiger charge is 2.22. The number of rotatable bonds is 6. The SMILES string of the molecule is O=C(Nc1ccc(N2CCCC2)c(C(=O)NCC2CCCO2)c1)c1ccco1. The van der Waals surface area contributed by atoms with Gasteiger partial charge in [-0.2, -0.15) is 0 Å². The highest BCUT2D eigenvalue weighted by atomic mass is 16.5. The molecule has 28 heavy (non-hydrogen) atoms. The molecule has 3 heterocycles. The van der Waals surface area contributed by atoms with E-state index in [9.17, 15) is 9.59 Å². The molecule has 0 radical (unpaired) electrons. The summed E-state index contributed by atoms with van der Waals surface area (Å²) >= 11 is 0. The molecule has 2 aliphatic rings. The lowest BCUT2D eigenvalue weighted by molar-refractivity contribution is 0.0858. The van der Waals surface area contributed by atoms with Gasteiger partial charge in [0, 0.05) is 37.6 Å². The van der Waals surface area contributed by atoms with Gasteiger partial charge in [0.1, 0.15) is 0 Å². The van der Waals surface area contributed by atoms with Gasteiger partial charge in [-0.25, -0.2) is 0 Å². The Bertz CT molecular complexity index is 822. The maximum Gasteiger partial charge on any atom is 0.291 e. The normalized spacial score (nSPS) is 19.0. The van der Waals surface area contributed by atoms with E-state index in [1.165, 1.54) is 6.26 Å². The summed E-state index contributed by atoms with van der Waals surface area (Å²) in [5.74, 6) is -0.260. The summed E-state index contributed by atoms with van der Waals surface area (Å²) in [4.78, 5) is 27.4. The van der Waals surface area contributed by atoms with Crippen molar-refractivity contribution in [3.63, 3.8) is 0 Å². The van der Waals surface area contributed by atoms with Crippen LogP contribution in [0.2, 0.25) is 0 Å². The Morgan fingerprint density at radius 3 is 2.68 bits per heavy atom. The number of furan rings is 1. The lowest BCUT2D eigenvalue weighted by atomic mass is 10.1. The van der Waals surface area contributed by atoms with Crippen molar-refractivity contribution in [2.24, 2.45) is 0 Å². The van der Waals surface area contributed by atoms with Crippen LogP contribution in [0.25, 0.3) is 0 Å². The number of hydrogen-bond acceptors (Lipinski definition) is 5. The predicted octanol–water partition coefficient (Wildman–Crippen LogP) is 3.04. The predicted molar refractivity (Wildman–Crippen MR) is 106 cm³/mol. The molecule has 0 bridgehead atoms. The van der Waals surface area contributed by atoms with Crippen LogP contribution in [0.1, 0.15) is 46.6 Å². The summed E-state index contributed by atoms with van der Waals surface area (Å²) in [6.45, 7) is 3.13. The Morgan fingerprint density at radius 1 is 1.11 bits per heavy atom. The van der Waals surface area contributed by atoms with Crippen molar-refractivity contribution >= 4 is 23.2 Å². The summed E-state index contributed by atoms with van der Waals surface area (Å²) in [6.07, 6.45) is 5.78. The van der Waals surface area contributed by atoms with Gasteiger partial charge in [0.2, 0.25) is 0 Å². The van der Waals surface area contributed by atoms with Gasteiger partial charge in [-0.1, -0.05) is 0 Å². The zero-order chi connectivity index (χ0) is 19.3. The summed E-state index contributed by atoms with van der Waals surface area (Å²) in [7, 11) is 0. The lowest BCUT2D eigenvalue weighted by Crippen LogP contribution is -2.33. The molecule has 1 aromatic heterocycles. The third-order valence-electron chi connectivity index (χ3n) is 5.21. The Hall–Kier alpha value is -2.80. The molecule has 2 saturated heterocycles. The van der Waals surface area contributed by atoms with Crippen molar-refractivity contribution in [2.75, 3.05) is 36.5 Å². The molecule has 1 aromatic carbocycles. The van der Waals surface area contributed by atoms with Gasteiger partial charge < -0.3 is 24.7 Å². The topological polar surface area (TPSA) is 83.8 Å². The van der Waals surface area contributed by atoms with Crippen LogP contribution in [0.4, 0.5) is 11.4 Å². The fourth-order valence-electron chi connectivity index (χ4n) is 3.74. The zero-order valence-electron chi connectivity index (χ0n) is 15.8. The first-order valence-corrected chi connectivity index (χ1v) is 9.84. The fourth-order valence-corrected chi connectivity index (χ4v) is 3.74. The van der Waals surface area contributed by atoms with E-state index in [1.54, 1.807) is 18.2 Å². The Labute approximate surface area is 164 Å². The van der Waals surface area contributed by atoms with Crippen LogP contribution >= 0.6 is 0 Å². The second-order valence-electron chi connectivity index (χ2n) is 7.20. The summed E-state index contributed by atoms with van der Waals surface area (Å²) in [6, 6.07) is 8.73. The van der Waals surface area contributed by atoms with Crippen LogP contribution < -0.4 is 15.5 Å². The van der Waals surface area contributed by atoms with E-state index in [0.29, 0.717) is 17.8 Å². The van der Waals surface area contributed by atoms with Crippen molar-refractivity contribution in [3.05, 3.63) is 47.9 Å². The number of nitrogens with one attached hydrogen (secondary N) is 2. The second-order valence-corrected chi connectivity index (χ2v) is 7.20. The van der Waals surface area contributed by atoms with Crippen LogP contribution in [0, 0.1) is 0 Å². The van der Waals surface area contributed by atoms with Crippen LogP contribution in [-0.2, 0) is 4.74 Å². The zero-order valence-corrected chi connectivity index (χ0v) is 15.8.